The van der Waals surface area contributed by atoms with Gasteiger partial charge in [0.1, 0.15) is 11.5 Å². The molecule has 0 aliphatic carbocycles. The highest BCUT2D eigenvalue weighted by atomic mass is 16.3. The van der Waals surface area contributed by atoms with Gasteiger partial charge in [0.05, 0.1) is 13.1 Å². The molecule has 3 heteroatoms. The van der Waals surface area contributed by atoms with Gasteiger partial charge >= 0.3 is 0 Å². The molecule has 1 N–H and O–H groups in total. The van der Waals surface area contributed by atoms with E-state index in [0.717, 1.165) is 37.7 Å². The van der Waals surface area contributed by atoms with Crippen molar-refractivity contribution in [3.8, 4) is 0 Å². The van der Waals surface area contributed by atoms with E-state index >= 15 is 0 Å². The summed E-state index contributed by atoms with van der Waals surface area (Å²) < 4.78 is 5.88. The fraction of sp³-hybridized carbons (Fsp3) is 0.625. The van der Waals surface area contributed by atoms with E-state index in [0.29, 0.717) is 0 Å². The molecule has 0 atom stereocenters. The SMILES string of the molecule is CC1=CCN(Cc2ccc(CNC(C)(C)C)o2)CC1. The Balaban J connectivity index is 1.84. The van der Waals surface area contributed by atoms with Crippen LogP contribution in [-0.4, -0.2) is 23.5 Å². The molecule has 0 aromatic carbocycles. The zero-order valence-corrected chi connectivity index (χ0v) is 12.6. The number of nitrogens with one attached hydrogen (secondary N) is 1. The summed E-state index contributed by atoms with van der Waals surface area (Å²) in [5.74, 6) is 2.09. The van der Waals surface area contributed by atoms with Gasteiger partial charge in [0.15, 0.2) is 0 Å². The Morgan fingerprint density at radius 1 is 1.26 bits per heavy atom. The van der Waals surface area contributed by atoms with E-state index in [1.807, 2.05) is 0 Å². The Morgan fingerprint density at radius 3 is 2.63 bits per heavy atom. The number of hydrogen-bond donors (Lipinski definition) is 1. The van der Waals surface area contributed by atoms with E-state index in [2.05, 4.69) is 56.1 Å². The third-order valence-electron chi connectivity index (χ3n) is 3.41. The smallest absolute Gasteiger partial charge is 0.118 e. The molecular weight excluding hydrogens is 236 g/mol. The quantitative estimate of drug-likeness (QED) is 0.844. The second-order valence-corrected chi connectivity index (χ2v) is 6.51. The van der Waals surface area contributed by atoms with Gasteiger partial charge in [-0.05, 0) is 46.2 Å². The standard InChI is InChI=1S/C16H26N2O/c1-13-7-9-18(10-8-13)12-15-6-5-14(19-15)11-17-16(2,3)4/h5-7,17H,8-12H2,1-4H3. The van der Waals surface area contributed by atoms with Crippen molar-refractivity contribution in [2.24, 2.45) is 0 Å². The molecular formula is C16H26N2O. The third-order valence-corrected chi connectivity index (χ3v) is 3.41. The van der Waals surface area contributed by atoms with Gasteiger partial charge in [0, 0.05) is 18.6 Å². The maximum Gasteiger partial charge on any atom is 0.118 e. The molecule has 0 fully saturated rings. The fourth-order valence-corrected chi connectivity index (χ4v) is 2.13. The molecule has 0 saturated heterocycles. The van der Waals surface area contributed by atoms with E-state index in [1.54, 1.807) is 0 Å². The molecule has 2 rings (SSSR count). The molecule has 2 heterocycles. The van der Waals surface area contributed by atoms with Crippen LogP contribution in [0.3, 0.4) is 0 Å². The largest absolute Gasteiger partial charge is 0.463 e. The van der Waals surface area contributed by atoms with Gasteiger partial charge in [0.2, 0.25) is 0 Å². The van der Waals surface area contributed by atoms with Gasteiger partial charge in [-0.1, -0.05) is 11.6 Å². The van der Waals surface area contributed by atoms with Crippen LogP contribution in [0.4, 0.5) is 0 Å². The minimum atomic E-state index is 0.127. The van der Waals surface area contributed by atoms with Crippen LogP contribution in [-0.2, 0) is 13.1 Å². The first kappa shape index (κ1) is 14.4. The third kappa shape index (κ3) is 4.84. The first-order valence-electron chi connectivity index (χ1n) is 7.13. The Bertz CT molecular complexity index is 440. The van der Waals surface area contributed by atoms with Crippen molar-refractivity contribution in [3.63, 3.8) is 0 Å². The number of nitrogens with zero attached hydrogens (tertiary/aromatic N) is 1. The Kier molecular flexibility index (Phi) is 4.48. The maximum absolute atomic E-state index is 5.88. The van der Waals surface area contributed by atoms with Crippen LogP contribution < -0.4 is 5.32 Å². The first-order chi connectivity index (χ1) is 8.92. The lowest BCUT2D eigenvalue weighted by Gasteiger charge is -2.24. The highest BCUT2D eigenvalue weighted by molar-refractivity contribution is 5.09. The lowest BCUT2D eigenvalue weighted by atomic mass is 10.1. The van der Waals surface area contributed by atoms with Crippen LogP contribution in [0.25, 0.3) is 0 Å². The van der Waals surface area contributed by atoms with Crippen LogP contribution in [0.5, 0.6) is 0 Å². The highest BCUT2D eigenvalue weighted by Crippen LogP contribution is 2.15. The lowest BCUT2D eigenvalue weighted by molar-refractivity contribution is 0.256. The average Bonchev–Trinajstić information content (AvgIpc) is 2.77. The van der Waals surface area contributed by atoms with Gasteiger partial charge in [0.25, 0.3) is 0 Å². The molecule has 0 radical (unpaired) electrons. The molecule has 1 aromatic heterocycles. The van der Waals surface area contributed by atoms with Crippen LogP contribution >= 0.6 is 0 Å². The monoisotopic (exact) mass is 262 g/mol. The Morgan fingerprint density at radius 2 is 2.00 bits per heavy atom. The lowest BCUT2D eigenvalue weighted by Crippen LogP contribution is -2.34. The molecule has 0 spiro atoms. The molecule has 0 saturated carbocycles. The van der Waals surface area contributed by atoms with E-state index < -0.39 is 0 Å². The molecule has 0 unspecified atom stereocenters. The zero-order chi connectivity index (χ0) is 13.9. The summed E-state index contributed by atoms with van der Waals surface area (Å²) >= 11 is 0. The van der Waals surface area contributed by atoms with Gasteiger partial charge in [-0.2, -0.15) is 0 Å². The minimum Gasteiger partial charge on any atom is -0.463 e. The van der Waals surface area contributed by atoms with Crippen molar-refractivity contribution in [1.82, 2.24) is 10.2 Å². The predicted octanol–water partition coefficient (Wildman–Crippen LogP) is 3.32. The second kappa shape index (κ2) is 5.93. The van der Waals surface area contributed by atoms with Crippen LogP contribution in [0.2, 0.25) is 0 Å². The van der Waals surface area contributed by atoms with E-state index in [4.69, 9.17) is 4.42 Å². The van der Waals surface area contributed by atoms with Crippen LogP contribution in [0.15, 0.2) is 28.2 Å². The molecule has 0 bridgehead atoms. The van der Waals surface area contributed by atoms with Crippen molar-refractivity contribution >= 4 is 0 Å². The Hall–Kier alpha value is -1.06. The molecule has 1 aliphatic heterocycles. The summed E-state index contributed by atoms with van der Waals surface area (Å²) in [4.78, 5) is 2.42. The summed E-state index contributed by atoms with van der Waals surface area (Å²) in [6.07, 6.45) is 3.49. The molecule has 3 nitrogen and oxygen atoms in total. The highest BCUT2D eigenvalue weighted by Gasteiger charge is 2.13. The number of rotatable bonds is 4. The molecule has 0 amide bonds. The normalized spacial score (nSPS) is 17.6. The van der Waals surface area contributed by atoms with Crippen molar-refractivity contribution in [2.75, 3.05) is 13.1 Å². The summed E-state index contributed by atoms with van der Waals surface area (Å²) in [7, 11) is 0. The van der Waals surface area contributed by atoms with Crippen LogP contribution in [0.1, 0.15) is 45.6 Å². The summed E-state index contributed by atoms with van der Waals surface area (Å²) in [5.41, 5.74) is 1.63. The summed E-state index contributed by atoms with van der Waals surface area (Å²) in [6.45, 7) is 12.6. The molecule has 19 heavy (non-hydrogen) atoms. The summed E-state index contributed by atoms with van der Waals surface area (Å²) in [6, 6.07) is 4.18. The average molecular weight is 262 g/mol. The number of furan rings is 1. The topological polar surface area (TPSA) is 28.4 Å². The number of hydrogen-bond acceptors (Lipinski definition) is 3. The van der Waals surface area contributed by atoms with E-state index in [9.17, 15) is 0 Å². The Labute approximate surface area is 116 Å². The molecule has 1 aromatic rings. The van der Waals surface area contributed by atoms with Gasteiger partial charge < -0.3 is 9.73 Å². The second-order valence-electron chi connectivity index (χ2n) is 6.51. The maximum atomic E-state index is 5.88. The van der Waals surface area contributed by atoms with Crippen molar-refractivity contribution in [2.45, 2.75) is 52.7 Å². The van der Waals surface area contributed by atoms with E-state index in [-0.39, 0.29) is 5.54 Å². The zero-order valence-electron chi connectivity index (χ0n) is 12.6. The minimum absolute atomic E-state index is 0.127. The first-order valence-corrected chi connectivity index (χ1v) is 7.13. The molecule has 1 aliphatic rings. The van der Waals surface area contributed by atoms with Gasteiger partial charge in [-0.15, -0.1) is 0 Å². The molecule has 106 valence electrons. The fourth-order valence-electron chi connectivity index (χ4n) is 2.13. The predicted molar refractivity (Wildman–Crippen MR) is 79.0 cm³/mol. The van der Waals surface area contributed by atoms with Crippen LogP contribution in [0, 0.1) is 0 Å². The van der Waals surface area contributed by atoms with Crippen molar-refractivity contribution in [1.29, 1.82) is 0 Å². The van der Waals surface area contributed by atoms with Crippen molar-refractivity contribution < 1.29 is 4.42 Å². The van der Waals surface area contributed by atoms with Gasteiger partial charge in [-0.25, -0.2) is 0 Å². The van der Waals surface area contributed by atoms with E-state index in [1.165, 1.54) is 12.0 Å². The summed E-state index contributed by atoms with van der Waals surface area (Å²) in [5, 5.41) is 3.44. The van der Waals surface area contributed by atoms with Gasteiger partial charge in [-0.3, -0.25) is 4.90 Å². The van der Waals surface area contributed by atoms with Crippen molar-refractivity contribution in [3.05, 3.63) is 35.3 Å².